The Balaban J connectivity index is 1.39. The number of phenols is 1. The summed E-state index contributed by atoms with van der Waals surface area (Å²) in [5, 5.41) is 47.6. The van der Waals surface area contributed by atoms with Crippen LogP contribution >= 0.6 is 0 Å². The fraction of sp³-hybridized carbons (Fsp3) is 0.233. The van der Waals surface area contributed by atoms with Crippen LogP contribution in [0.4, 0.5) is 0 Å². The van der Waals surface area contributed by atoms with Crippen LogP contribution in [0.5, 0.6) is 5.75 Å². The van der Waals surface area contributed by atoms with E-state index in [0.717, 1.165) is 11.1 Å². The van der Waals surface area contributed by atoms with Crippen LogP contribution in [0.2, 0.25) is 0 Å². The molecule has 1 amide bonds. The molecule has 0 spiro atoms. The number of primary amides is 1. The Labute approximate surface area is 232 Å². The highest BCUT2D eigenvalue weighted by Gasteiger charge is 2.60. The van der Waals surface area contributed by atoms with Gasteiger partial charge >= 0.3 is 0 Å². The number of nitrogens with two attached hydrogens (primary N) is 1. The number of aliphatic hydroxyl groups is 3. The van der Waals surface area contributed by atoms with Gasteiger partial charge in [-0.15, -0.1) is 0 Å². The van der Waals surface area contributed by atoms with Gasteiger partial charge in [-0.05, 0) is 47.1 Å². The van der Waals surface area contributed by atoms with E-state index in [0.29, 0.717) is 11.1 Å². The molecule has 1 heterocycles. The maximum absolute atomic E-state index is 13.7. The maximum Gasteiger partial charge on any atom is 0.255 e. The smallest absolute Gasteiger partial charge is 0.255 e. The molecular weight excluding hydrogens is 532 g/mol. The number of benzene rings is 2. The van der Waals surface area contributed by atoms with Crippen LogP contribution in [0.1, 0.15) is 40.1 Å². The number of hydrogen-bond acceptors (Lipinski definition) is 10. The van der Waals surface area contributed by atoms with E-state index < -0.39 is 52.0 Å². The van der Waals surface area contributed by atoms with Crippen LogP contribution in [0.15, 0.2) is 70.1 Å². The van der Waals surface area contributed by atoms with Gasteiger partial charge in [-0.25, -0.2) is 0 Å². The highest BCUT2D eigenvalue weighted by molar-refractivity contribution is 6.22. The van der Waals surface area contributed by atoms with Gasteiger partial charge in [-0.1, -0.05) is 35.5 Å². The van der Waals surface area contributed by atoms with E-state index in [1.165, 1.54) is 18.3 Å². The molecule has 3 aliphatic rings. The van der Waals surface area contributed by atoms with Crippen LogP contribution in [-0.4, -0.2) is 54.4 Å². The Morgan fingerprint density at radius 2 is 1.76 bits per heavy atom. The van der Waals surface area contributed by atoms with Crippen molar-refractivity contribution in [1.82, 2.24) is 5.16 Å². The number of ketones is 3. The van der Waals surface area contributed by atoms with Gasteiger partial charge < -0.3 is 30.7 Å². The quantitative estimate of drug-likeness (QED) is 0.230. The van der Waals surface area contributed by atoms with Crippen molar-refractivity contribution in [2.24, 2.45) is 17.6 Å². The number of carbonyl (C=O) groups is 4. The average molecular weight is 557 g/mol. The van der Waals surface area contributed by atoms with Gasteiger partial charge in [-0.2, -0.15) is 0 Å². The van der Waals surface area contributed by atoms with Crippen molar-refractivity contribution >= 4 is 29.0 Å². The van der Waals surface area contributed by atoms with Crippen molar-refractivity contribution in [2.75, 3.05) is 0 Å². The Kier molecular flexibility index (Phi) is 5.93. The summed E-state index contributed by atoms with van der Waals surface area (Å²) in [5.41, 5.74) is 4.28. The van der Waals surface area contributed by atoms with Crippen LogP contribution in [0, 0.1) is 11.8 Å². The highest BCUT2D eigenvalue weighted by atomic mass is 16.5. The van der Waals surface area contributed by atoms with Crippen LogP contribution in [0.3, 0.4) is 0 Å². The van der Waals surface area contributed by atoms with E-state index in [2.05, 4.69) is 5.16 Å². The molecule has 0 radical (unpaired) electrons. The zero-order chi connectivity index (χ0) is 29.2. The number of rotatable bonds is 5. The normalized spacial score (nSPS) is 23.6. The number of phenolic OH excluding ortho intramolecular Hbond substituents is 1. The zero-order valence-corrected chi connectivity index (χ0v) is 21.5. The van der Waals surface area contributed by atoms with E-state index in [1.807, 2.05) is 0 Å². The minimum atomic E-state index is -2.61. The third-order valence-electron chi connectivity index (χ3n) is 8.29. The number of aromatic nitrogens is 1. The molecule has 6 N–H and O–H groups in total. The fourth-order valence-corrected chi connectivity index (χ4v) is 6.33. The molecule has 0 aliphatic heterocycles. The summed E-state index contributed by atoms with van der Waals surface area (Å²) < 4.78 is 4.92. The first-order chi connectivity index (χ1) is 19.5. The van der Waals surface area contributed by atoms with Crippen molar-refractivity contribution in [2.45, 2.75) is 31.3 Å². The molecule has 0 saturated heterocycles. The Hall–Kier alpha value is -5.03. The molecular formula is C30H24N2O9. The molecule has 2 aromatic carbocycles. The van der Waals surface area contributed by atoms with Crippen LogP contribution < -0.4 is 5.73 Å². The molecule has 3 aromatic rings. The third-order valence-corrected chi connectivity index (χ3v) is 8.29. The van der Waals surface area contributed by atoms with Crippen molar-refractivity contribution < 1.29 is 44.1 Å². The number of carbonyl (C=O) groups excluding carboxylic acids is 4. The van der Waals surface area contributed by atoms with Crippen molar-refractivity contribution in [3.05, 3.63) is 88.0 Å². The number of nitrogens with zero attached hydrogens (tertiary/aromatic N) is 1. The number of hydrogen-bond donors (Lipinski definition) is 5. The average Bonchev–Trinajstić information content (AvgIpc) is 3.47. The first kappa shape index (κ1) is 26.2. The molecule has 0 bridgehead atoms. The summed E-state index contributed by atoms with van der Waals surface area (Å²) in [6.07, 6.45) is 1.33. The van der Waals surface area contributed by atoms with Crippen molar-refractivity contribution in [3.63, 3.8) is 0 Å². The number of amides is 1. The second kappa shape index (κ2) is 9.27. The van der Waals surface area contributed by atoms with Gasteiger partial charge in [0.15, 0.2) is 11.4 Å². The van der Waals surface area contributed by atoms with Gasteiger partial charge in [0.25, 0.3) is 5.91 Å². The van der Waals surface area contributed by atoms with Crippen LogP contribution in [-0.2, 0) is 27.2 Å². The maximum atomic E-state index is 13.7. The summed E-state index contributed by atoms with van der Waals surface area (Å²) in [6.45, 7) is 0. The lowest BCUT2D eigenvalue weighted by molar-refractivity contribution is -0.147. The molecule has 1 fully saturated rings. The van der Waals surface area contributed by atoms with Gasteiger partial charge in [0.05, 0.1) is 11.8 Å². The van der Waals surface area contributed by atoms with E-state index >= 15 is 0 Å². The number of aromatic hydroxyl groups is 1. The van der Waals surface area contributed by atoms with Gasteiger partial charge in [0.1, 0.15) is 22.8 Å². The summed E-state index contributed by atoms with van der Waals surface area (Å²) in [7, 11) is 0. The monoisotopic (exact) mass is 556 g/mol. The number of aliphatic hydroxyl groups excluding tert-OH is 2. The number of fused-ring (bicyclic) bond motifs is 3. The van der Waals surface area contributed by atoms with Gasteiger partial charge in [0.2, 0.25) is 17.3 Å². The lowest BCUT2D eigenvalue weighted by Crippen LogP contribution is -2.58. The molecule has 11 nitrogen and oxygen atoms in total. The third kappa shape index (κ3) is 3.88. The summed E-state index contributed by atoms with van der Waals surface area (Å²) >= 11 is 0. The topological polar surface area (TPSA) is 201 Å². The van der Waals surface area contributed by atoms with Crippen molar-refractivity contribution in [1.29, 1.82) is 0 Å². The minimum absolute atomic E-state index is 0.0132. The Morgan fingerprint density at radius 3 is 2.41 bits per heavy atom. The zero-order valence-electron chi connectivity index (χ0n) is 21.5. The predicted octanol–water partition coefficient (Wildman–Crippen LogP) is 2.50. The lowest BCUT2D eigenvalue weighted by Gasteiger charge is -2.46. The molecule has 1 saturated carbocycles. The molecule has 208 valence electrons. The first-order valence-electron chi connectivity index (χ1n) is 12.9. The van der Waals surface area contributed by atoms with E-state index in [4.69, 9.17) is 10.3 Å². The Bertz CT molecular complexity index is 1720. The largest absolute Gasteiger partial charge is 0.508 e. The van der Waals surface area contributed by atoms with E-state index in [9.17, 15) is 39.6 Å². The SMILES string of the molecule is NC(=O)C1=C(O)C2(O)C(=O)C3=C(O)c4c(O)ccc(-c5ccc(CC(=O)c6ccno6)cc5)c4CC3CC2CC1=O. The molecule has 1 aromatic heterocycles. The van der Waals surface area contributed by atoms with Gasteiger partial charge in [0, 0.05) is 30.4 Å². The highest BCUT2D eigenvalue weighted by Crippen LogP contribution is 2.53. The minimum Gasteiger partial charge on any atom is -0.508 e. The number of Topliss-reactive ketones (excluding diaryl/α,β-unsaturated/α-hetero) is 3. The van der Waals surface area contributed by atoms with Gasteiger partial charge in [-0.3, -0.25) is 19.2 Å². The molecule has 3 aliphatic carbocycles. The predicted molar refractivity (Wildman–Crippen MR) is 141 cm³/mol. The fourth-order valence-electron chi connectivity index (χ4n) is 6.33. The second-order valence-corrected chi connectivity index (χ2v) is 10.6. The van der Waals surface area contributed by atoms with Crippen molar-refractivity contribution in [3.8, 4) is 16.9 Å². The summed E-state index contributed by atoms with van der Waals surface area (Å²) in [6, 6.07) is 11.7. The Morgan fingerprint density at radius 1 is 1.02 bits per heavy atom. The first-order valence-corrected chi connectivity index (χ1v) is 12.9. The van der Waals surface area contributed by atoms with E-state index in [1.54, 1.807) is 30.3 Å². The molecule has 11 heteroatoms. The molecule has 41 heavy (non-hydrogen) atoms. The standard InChI is InChI=1S/C30H24N2O9/c31-29(39)25-21(35)12-16-10-15-11-18-17(14-3-1-13(2-4-14)9-20(34)22-7-8-32-41-22)5-6-19(33)24(18)26(36)23(15)27(37)30(16,40)28(25)38/h1-8,15-16,33,36,38,40H,9-12H2,(H2,31,39). The van der Waals surface area contributed by atoms with Crippen LogP contribution in [0.25, 0.3) is 16.9 Å². The second-order valence-electron chi connectivity index (χ2n) is 10.6. The molecule has 6 rings (SSSR count). The van der Waals surface area contributed by atoms with E-state index in [-0.39, 0.29) is 54.1 Å². The summed E-state index contributed by atoms with van der Waals surface area (Å²) in [4.78, 5) is 50.4. The lowest BCUT2D eigenvalue weighted by atomic mass is 9.59. The molecule has 3 atom stereocenters. The molecule has 3 unspecified atom stereocenters. The summed E-state index contributed by atoms with van der Waals surface area (Å²) in [5.74, 6) is -6.80.